The van der Waals surface area contributed by atoms with E-state index in [1.54, 1.807) is 6.08 Å². The van der Waals surface area contributed by atoms with Crippen LogP contribution in [0.15, 0.2) is 40.3 Å². The average molecular weight is 284 g/mol. The number of fused-ring (bicyclic) bond motifs is 1. The molecule has 3 rings (SSSR count). The zero-order valence-corrected chi connectivity index (χ0v) is 12.5. The van der Waals surface area contributed by atoms with E-state index in [1.165, 1.54) is 0 Å². The molecule has 0 atom stereocenters. The Labute approximate surface area is 124 Å². The predicted octanol–water partition coefficient (Wildman–Crippen LogP) is 3.50. The van der Waals surface area contributed by atoms with E-state index < -0.39 is 0 Å². The summed E-state index contributed by atoms with van der Waals surface area (Å²) < 4.78 is 5.84. The van der Waals surface area contributed by atoms with Crippen LogP contribution in [0.25, 0.3) is 11.1 Å². The maximum Gasteiger partial charge on any atom is 0.246 e. The molecule has 1 aromatic heterocycles. The van der Waals surface area contributed by atoms with Gasteiger partial charge < -0.3 is 9.32 Å². The van der Waals surface area contributed by atoms with Gasteiger partial charge in [0.2, 0.25) is 5.91 Å². The number of nitrogens with zero attached hydrogens (tertiary/aromatic N) is 2. The van der Waals surface area contributed by atoms with Crippen LogP contribution in [0.5, 0.6) is 0 Å². The second kappa shape index (κ2) is 5.72. The van der Waals surface area contributed by atoms with Gasteiger partial charge in [-0.2, -0.15) is 0 Å². The quantitative estimate of drug-likeness (QED) is 0.793. The molecule has 0 N–H and O–H groups in total. The average Bonchev–Trinajstić information content (AvgIpc) is 2.90. The molecule has 0 radical (unpaired) electrons. The Bertz CT molecular complexity index is 642. The Morgan fingerprint density at radius 1 is 1.29 bits per heavy atom. The number of carbonyl (C=O) groups excluding carboxylic acids is 1. The Balaban J connectivity index is 1.68. The number of oxazole rings is 1. The van der Waals surface area contributed by atoms with Crippen molar-refractivity contribution in [3.63, 3.8) is 0 Å². The summed E-state index contributed by atoms with van der Waals surface area (Å²) in [4.78, 5) is 18.5. The van der Waals surface area contributed by atoms with E-state index in [2.05, 4.69) is 4.98 Å². The highest BCUT2D eigenvalue weighted by Crippen LogP contribution is 2.29. The summed E-state index contributed by atoms with van der Waals surface area (Å²) in [5.41, 5.74) is 2.80. The van der Waals surface area contributed by atoms with Crippen LogP contribution in [0.1, 0.15) is 38.5 Å². The van der Waals surface area contributed by atoms with Gasteiger partial charge in [-0.05, 0) is 38.8 Å². The van der Waals surface area contributed by atoms with Gasteiger partial charge in [0, 0.05) is 25.1 Å². The van der Waals surface area contributed by atoms with Crippen LogP contribution >= 0.6 is 0 Å². The number of rotatable bonds is 2. The molecule has 2 heterocycles. The standard InChI is InChI=1S/C17H20N2O2/c1-12(2)11-16(20)19-9-7-13(8-10-19)17-18-14-5-3-4-6-15(14)21-17/h3-6,11,13H,7-10H2,1-2H3. The van der Waals surface area contributed by atoms with Crippen molar-refractivity contribution in [1.82, 2.24) is 9.88 Å². The predicted molar refractivity (Wildman–Crippen MR) is 82.0 cm³/mol. The summed E-state index contributed by atoms with van der Waals surface area (Å²) in [6.45, 7) is 5.43. The van der Waals surface area contributed by atoms with E-state index in [0.717, 1.165) is 48.5 Å². The number of likely N-dealkylation sites (tertiary alicyclic amines) is 1. The van der Waals surface area contributed by atoms with E-state index in [4.69, 9.17) is 4.42 Å². The highest BCUT2D eigenvalue weighted by Gasteiger charge is 2.26. The third-order valence-corrected chi connectivity index (χ3v) is 3.88. The van der Waals surface area contributed by atoms with Gasteiger partial charge in [-0.3, -0.25) is 4.79 Å². The number of hydrogen-bond acceptors (Lipinski definition) is 3. The maximum atomic E-state index is 12.0. The number of para-hydroxylation sites is 2. The minimum absolute atomic E-state index is 0.117. The van der Waals surface area contributed by atoms with Crippen LogP contribution in [-0.4, -0.2) is 28.9 Å². The molecule has 1 amide bonds. The first-order valence-electron chi connectivity index (χ1n) is 7.43. The van der Waals surface area contributed by atoms with Crippen molar-refractivity contribution in [3.05, 3.63) is 41.8 Å². The largest absolute Gasteiger partial charge is 0.440 e. The lowest BCUT2D eigenvalue weighted by molar-refractivity contribution is -0.127. The van der Waals surface area contributed by atoms with Crippen molar-refractivity contribution < 1.29 is 9.21 Å². The summed E-state index contributed by atoms with van der Waals surface area (Å²) >= 11 is 0. The Morgan fingerprint density at radius 3 is 2.67 bits per heavy atom. The van der Waals surface area contributed by atoms with Crippen molar-refractivity contribution in [3.8, 4) is 0 Å². The summed E-state index contributed by atoms with van der Waals surface area (Å²) in [5.74, 6) is 1.24. The molecule has 0 aliphatic carbocycles. The van der Waals surface area contributed by atoms with E-state index >= 15 is 0 Å². The summed E-state index contributed by atoms with van der Waals surface area (Å²) in [7, 11) is 0. The number of benzene rings is 1. The third kappa shape index (κ3) is 2.99. The van der Waals surface area contributed by atoms with E-state index in [0.29, 0.717) is 5.92 Å². The first-order chi connectivity index (χ1) is 10.1. The van der Waals surface area contributed by atoms with Crippen molar-refractivity contribution in [1.29, 1.82) is 0 Å². The Kier molecular flexibility index (Phi) is 3.78. The molecule has 4 heteroatoms. The van der Waals surface area contributed by atoms with Gasteiger partial charge in [0.05, 0.1) is 0 Å². The Morgan fingerprint density at radius 2 is 2.00 bits per heavy atom. The molecule has 2 aromatic rings. The van der Waals surface area contributed by atoms with Gasteiger partial charge >= 0.3 is 0 Å². The number of aromatic nitrogens is 1. The fourth-order valence-corrected chi connectivity index (χ4v) is 2.75. The molecule has 0 spiro atoms. The number of carbonyl (C=O) groups is 1. The lowest BCUT2D eigenvalue weighted by atomic mass is 9.96. The topological polar surface area (TPSA) is 46.3 Å². The smallest absolute Gasteiger partial charge is 0.246 e. The molecule has 110 valence electrons. The van der Waals surface area contributed by atoms with Crippen LogP contribution in [0.4, 0.5) is 0 Å². The lowest BCUT2D eigenvalue weighted by Gasteiger charge is -2.29. The van der Waals surface area contributed by atoms with Crippen molar-refractivity contribution in [2.45, 2.75) is 32.6 Å². The number of piperidine rings is 1. The molecule has 1 aromatic carbocycles. The zero-order chi connectivity index (χ0) is 14.8. The second-order valence-corrected chi connectivity index (χ2v) is 5.84. The van der Waals surface area contributed by atoms with Gasteiger partial charge in [-0.25, -0.2) is 4.98 Å². The van der Waals surface area contributed by atoms with Gasteiger partial charge in [-0.1, -0.05) is 17.7 Å². The molecule has 0 saturated carbocycles. The van der Waals surface area contributed by atoms with Crippen LogP contribution in [-0.2, 0) is 4.79 Å². The molecule has 1 aliphatic rings. The highest BCUT2D eigenvalue weighted by atomic mass is 16.3. The van der Waals surface area contributed by atoms with Crippen LogP contribution in [0.2, 0.25) is 0 Å². The van der Waals surface area contributed by atoms with Crippen molar-refractivity contribution in [2.24, 2.45) is 0 Å². The summed E-state index contributed by atoms with van der Waals surface area (Å²) in [5, 5.41) is 0. The zero-order valence-electron chi connectivity index (χ0n) is 12.5. The van der Waals surface area contributed by atoms with Gasteiger partial charge in [0.25, 0.3) is 0 Å². The number of allylic oxidation sites excluding steroid dienone is 1. The normalized spacial score (nSPS) is 16.2. The maximum absolute atomic E-state index is 12.0. The molecule has 21 heavy (non-hydrogen) atoms. The van der Waals surface area contributed by atoms with Crippen molar-refractivity contribution in [2.75, 3.05) is 13.1 Å². The molecule has 1 saturated heterocycles. The van der Waals surface area contributed by atoms with E-state index in [9.17, 15) is 4.79 Å². The minimum atomic E-state index is 0.117. The monoisotopic (exact) mass is 284 g/mol. The molecule has 0 bridgehead atoms. The number of hydrogen-bond donors (Lipinski definition) is 0. The van der Waals surface area contributed by atoms with Gasteiger partial charge in [-0.15, -0.1) is 0 Å². The first-order valence-corrected chi connectivity index (χ1v) is 7.43. The first kappa shape index (κ1) is 13.9. The minimum Gasteiger partial charge on any atom is -0.440 e. The van der Waals surface area contributed by atoms with Crippen LogP contribution in [0, 0.1) is 0 Å². The SMILES string of the molecule is CC(C)=CC(=O)N1CCC(c2nc3ccccc3o2)CC1. The van der Waals surface area contributed by atoms with E-state index in [1.807, 2.05) is 43.0 Å². The molecule has 1 fully saturated rings. The molecule has 1 aliphatic heterocycles. The fraction of sp³-hybridized carbons (Fsp3) is 0.412. The van der Waals surface area contributed by atoms with Gasteiger partial charge in [0.15, 0.2) is 11.5 Å². The van der Waals surface area contributed by atoms with Crippen LogP contribution in [0.3, 0.4) is 0 Å². The Hall–Kier alpha value is -2.10. The summed E-state index contributed by atoms with van der Waals surface area (Å²) in [6, 6.07) is 7.84. The molecule has 0 unspecified atom stereocenters. The second-order valence-electron chi connectivity index (χ2n) is 5.84. The highest BCUT2D eigenvalue weighted by molar-refractivity contribution is 5.88. The molecular formula is C17H20N2O2. The fourth-order valence-electron chi connectivity index (χ4n) is 2.75. The van der Waals surface area contributed by atoms with Crippen LogP contribution < -0.4 is 0 Å². The third-order valence-electron chi connectivity index (χ3n) is 3.88. The lowest BCUT2D eigenvalue weighted by Crippen LogP contribution is -2.37. The number of amides is 1. The summed E-state index contributed by atoms with van der Waals surface area (Å²) in [6.07, 6.45) is 3.53. The van der Waals surface area contributed by atoms with E-state index in [-0.39, 0.29) is 5.91 Å². The van der Waals surface area contributed by atoms with Crippen molar-refractivity contribution >= 4 is 17.0 Å². The molecule has 4 nitrogen and oxygen atoms in total. The molecular weight excluding hydrogens is 264 g/mol. The van der Waals surface area contributed by atoms with Gasteiger partial charge in [0.1, 0.15) is 5.52 Å².